The topological polar surface area (TPSA) is 59.2 Å². The van der Waals surface area contributed by atoms with Crippen LogP contribution in [-0.4, -0.2) is 21.4 Å². The number of hydrogen-bond donors (Lipinski definition) is 1. The Labute approximate surface area is 111 Å². The molecule has 1 aromatic carbocycles. The van der Waals surface area contributed by atoms with Crippen LogP contribution in [0, 0.1) is 0 Å². The van der Waals surface area contributed by atoms with Crippen molar-refractivity contribution in [3.8, 4) is 11.4 Å². The van der Waals surface area contributed by atoms with Crippen LogP contribution in [-0.2, 0) is 6.42 Å². The molecule has 1 heterocycles. The second-order valence-corrected chi connectivity index (χ2v) is 4.60. The first-order valence-electron chi connectivity index (χ1n) is 5.95. The third kappa shape index (κ3) is 3.31. The zero-order valence-electron chi connectivity index (χ0n) is 10.1. The van der Waals surface area contributed by atoms with E-state index >= 15 is 0 Å². The van der Waals surface area contributed by atoms with Gasteiger partial charge in [0.05, 0.1) is 12.5 Å². The van der Waals surface area contributed by atoms with Gasteiger partial charge in [-0.2, -0.15) is 4.98 Å². The van der Waals surface area contributed by atoms with Gasteiger partial charge in [-0.15, -0.1) is 0 Å². The normalized spacial score (nSPS) is 12.6. The molecule has 0 saturated carbocycles. The summed E-state index contributed by atoms with van der Waals surface area (Å²) in [6, 6.07) is 7.22. The van der Waals surface area contributed by atoms with Crippen LogP contribution in [0.15, 0.2) is 28.8 Å². The maximum atomic E-state index is 9.67. The van der Waals surface area contributed by atoms with Crippen molar-refractivity contribution in [1.29, 1.82) is 0 Å². The lowest BCUT2D eigenvalue weighted by atomic mass is 10.1. The molecule has 18 heavy (non-hydrogen) atoms. The predicted octanol–water partition coefficient (Wildman–Crippen LogP) is 3.09. The van der Waals surface area contributed by atoms with Gasteiger partial charge >= 0.3 is 0 Å². The fourth-order valence-corrected chi connectivity index (χ4v) is 1.82. The monoisotopic (exact) mass is 266 g/mol. The Morgan fingerprint density at radius 1 is 1.33 bits per heavy atom. The zero-order valence-corrected chi connectivity index (χ0v) is 10.9. The molecule has 5 heteroatoms. The fraction of sp³-hybridized carbons (Fsp3) is 0.385. The standard InChI is InChI=1S/C13H15ClN2O2/c1-2-3-11(17)8-12-15-13(16-18-12)9-4-6-10(14)7-5-9/h4-7,11,17H,2-3,8H2,1H3. The summed E-state index contributed by atoms with van der Waals surface area (Å²) in [5, 5.41) is 14.2. The molecule has 4 nitrogen and oxygen atoms in total. The second-order valence-electron chi connectivity index (χ2n) is 4.17. The van der Waals surface area contributed by atoms with E-state index in [0.717, 1.165) is 18.4 Å². The van der Waals surface area contributed by atoms with Crippen molar-refractivity contribution >= 4 is 11.6 Å². The summed E-state index contributed by atoms with van der Waals surface area (Å²) in [6.45, 7) is 2.02. The molecule has 2 rings (SSSR count). The fourth-order valence-electron chi connectivity index (χ4n) is 1.69. The highest BCUT2D eigenvalue weighted by Gasteiger charge is 2.12. The smallest absolute Gasteiger partial charge is 0.229 e. The van der Waals surface area contributed by atoms with Gasteiger partial charge in [-0.1, -0.05) is 30.1 Å². The van der Waals surface area contributed by atoms with Gasteiger partial charge < -0.3 is 9.63 Å². The third-order valence-electron chi connectivity index (χ3n) is 2.60. The van der Waals surface area contributed by atoms with E-state index in [2.05, 4.69) is 10.1 Å². The van der Waals surface area contributed by atoms with Gasteiger partial charge in [-0.25, -0.2) is 0 Å². The van der Waals surface area contributed by atoms with Gasteiger partial charge in [0.15, 0.2) is 0 Å². The molecule has 0 aliphatic heterocycles. The van der Waals surface area contributed by atoms with E-state index in [-0.39, 0.29) is 0 Å². The molecule has 1 aromatic heterocycles. The molecule has 0 radical (unpaired) electrons. The summed E-state index contributed by atoms with van der Waals surface area (Å²) in [6.07, 6.45) is 1.64. The van der Waals surface area contributed by atoms with Crippen LogP contribution in [0.1, 0.15) is 25.7 Å². The number of aromatic nitrogens is 2. The summed E-state index contributed by atoms with van der Waals surface area (Å²) >= 11 is 5.81. The Morgan fingerprint density at radius 3 is 2.72 bits per heavy atom. The quantitative estimate of drug-likeness (QED) is 0.903. The molecule has 1 N–H and O–H groups in total. The molecular formula is C13H15ClN2O2. The first-order chi connectivity index (χ1) is 8.69. The van der Waals surface area contributed by atoms with Crippen molar-refractivity contribution < 1.29 is 9.63 Å². The van der Waals surface area contributed by atoms with Crippen molar-refractivity contribution in [1.82, 2.24) is 10.1 Å². The highest BCUT2D eigenvalue weighted by molar-refractivity contribution is 6.30. The summed E-state index contributed by atoms with van der Waals surface area (Å²) in [5.41, 5.74) is 0.847. The molecule has 0 saturated heterocycles. The molecule has 1 atom stereocenters. The minimum atomic E-state index is -0.423. The summed E-state index contributed by atoms with van der Waals surface area (Å²) in [4.78, 5) is 4.25. The van der Waals surface area contributed by atoms with Gasteiger partial charge in [0, 0.05) is 10.6 Å². The molecule has 0 aliphatic rings. The minimum Gasteiger partial charge on any atom is -0.393 e. The van der Waals surface area contributed by atoms with E-state index in [0.29, 0.717) is 23.2 Å². The van der Waals surface area contributed by atoms with E-state index in [9.17, 15) is 5.11 Å². The number of nitrogens with zero attached hydrogens (tertiary/aromatic N) is 2. The lowest BCUT2D eigenvalue weighted by molar-refractivity contribution is 0.152. The van der Waals surface area contributed by atoms with Crippen LogP contribution < -0.4 is 0 Å². The second kappa shape index (κ2) is 5.98. The summed E-state index contributed by atoms with van der Waals surface area (Å²) < 4.78 is 5.11. The van der Waals surface area contributed by atoms with Gasteiger partial charge in [-0.3, -0.25) is 0 Å². The van der Waals surface area contributed by atoms with Gasteiger partial charge in [-0.05, 0) is 30.7 Å². The van der Waals surface area contributed by atoms with Crippen LogP contribution in [0.4, 0.5) is 0 Å². The van der Waals surface area contributed by atoms with Crippen molar-refractivity contribution in [3.05, 3.63) is 35.2 Å². The van der Waals surface area contributed by atoms with Crippen LogP contribution in [0.3, 0.4) is 0 Å². The number of rotatable bonds is 5. The molecule has 0 amide bonds. The lowest BCUT2D eigenvalue weighted by Crippen LogP contribution is -2.09. The van der Waals surface area contributed by atoms with Crippen molar-refractivity contribution in [2.24, 2.45) is 0 Å². The number of aliphatic hydroxyl groups excluding tert-OH is 1. The molecule has 0 spiro atoms. The van der Waals surface area contributed by atoms with Crippen LogP contribution >= 0.6 is 11.6 Å². The number of aliphatic hydroxyl groups is 1. The Bertz CT molecular complexity index is 496. The van der Waals surface area contributed by atoms with Crippen LogP contribution in [0.2, 0.25) is 5.02 Å². The molecule has 1 unspecified atom stereocenters. The van der Waals surface area contributed by atoms with Gasteiger partial charge in [0.25, 0.3) is 0 Å². The highest BCUT2D eigenvalue weighted by Crippen LogP contribution is 2.19. The van der Waals surface area contributed by atoms with Crippen molar-refractivity contribution in [3.63, 3.8) is 0 Å². The zero-order chi connectivity index (χ0) is 13.0. The Balaban J connectivity index is 2.08. The summed E-state index contributed by atoms with van der Waals surface area (Å²) in [7, 11) is 0. The molecule has 2 aromatic rings. The third-order valence-corrected chi connectivity index (χ3v) is 2.85. The lowest BCUT2D eigenvalue weighted by Gasteiger charge is -2.03. The number of halogens is 1. The molecular weight excluding hydrogens is 252 g/mol. The Morgan fingerprint density at radius 2 is 2.06 bits per heavy atom. The largest absolute Gasteiger partial charge is 0.393 e. The van der Waals surface area contributed by atoms with E-state index in [4.69, 9.17) is 16.1 Å². The molecule has 0 aliphatic carbocycles. The minimum absolute atomic E-state index is 0.397. The van der Waals surface area contributed by atoms with E-state index in [1.165, 1.54) is 0 Å². The van der Waals surface area contributed by atoms with E-state index in [1.54, 1.807) is 12.1 Å². The van der Waals surface area contributed by atoms with E-state index < -0.39 is 6.10 Å². The molecule has 96 valence electrons. The predicted molar refractivity (Wildman–Crippen MR) is 69.4 cm³/mol. The maximum Gasteiger partial charge on any atom is 0.229 e. The van der Waals surface area contributed by atoms with Crippen molar-refractivity contribution in [2.75, 3.05) is 0 Å². The van der Waals surface area contributed by atoms with Crippen molar-refractivity contribution in [2.45, 2.75) is 32.3 Å². The average Bonchev–Trinajstić information content (AvgIpc) is 2.78. The number of benzene rings is 1. The Hall–Kier alpha value is -1.39. The first kappa shape index (κ1) is 13.1. The van der Waals surface area contributed by atoms with Crippen LogP contribution in [0.25, 0.3) is 11.4 Å². The SMILES string of the molecule is CCCC(O)Cc1nc(-c2ccc(Cl)cc2)no1. The van der Waals surface area contributed by atoms with Gasteiger partial charge in [0.2, 0.25) is 11.7 Å². The summed E-state index contributed by atoms with van der Waals surface area (Å²) in [5.74, 6) is 0.978. The Kier molecular flexibility index (Phi) is 4.33. The molecule has 0 fully saturated rings. The number of hydrogen-bond acceptors (Lipinski definition) is 4. The van der Waals surface area contributed by atoms with Crippen LogP contribution in [0.5, 0.6) is 0 Å². The first-order valence-corrected chi connectivity index (χ1v) is 6.33. The average molecular weight is 267 g/mol. The maximum absolute atomic E-state index is 9.67. The van der Waals surface area contributed by atoms with E-state index in [1.807, 2.05) is 19.1 Å². The highest BCUT2D eigenvalue weighted by atomic mass is 35.5. The van der Waals surface area contributed by atoms with Gasteiger partial charge in [0.1, 0.15) is 0 Å². The molecule has 0 bridgehead atoms.